The van der Waals surface area contributed by atoms with E-state index in [1.165, 1.54) is 7.11 Å². The number of rotatable bonds is 1. The molecule has 66 valence electrons. The van der Waals surface area contributed by atoms with Crippen molar-refractivity contribution < 1.29 is 14.3 Å². The van der Waals surface area contributed by atoms with E-state index in [0.717, 1.165) is 25.9 Å². The minimum absolute atomic E-state index is 0.0227. The maximum atomic E-state index is 11.2. The van der Waals surface area contributed by atoms with Crippen molar-refractivity contribution in [2.24, 2.45) is 11.3 Å². The van der Waals surface area contributed by atoms with E-state index in [1.807, 2.05) is 0 Å². The minimum atomic E-state index is -0.0227. The lowest BCUT2D eigenvalue weighted by atomic mass is 9.70. The summed E-state index contributed by atoms with van der Waals surface area (Å²) in [5.41, 5.74) is 0.534. The molecule has 1 atom stereocenters. The molecule has 1 saturated heterocycles. The van der Waals surface area contributed by atoms with Crippen molar-refractivity contribution in [3.8, 4) is 0 Å². The molecule has 1 heterocycles. The predicted molar refractivity (Wildman–Crippen MR) is 40.5 cm³/mol. The van der Waals surface area contributed by atoms with Gasteiger partial charge >= 0.3 is 5.97 Å². The fourth-order valence-corrected chi connectivity index (χ4v) is 2.75. The lowest BCUT2D eigenvalue weighted by molar-refractivity contribution is -0.144. The Labute approximate surface area is 71.0 Å². The van der Waals surface area contributed by atoms with E-state index in [4.69, 9.17) is 9.47 Å². The fraction of sp³-hybridized carbons (Fsp3) is 0.889. The number of epoxide rings is 1. The molecule has 0 N–H and O–H groups in total. The Morgan fingerprint density at radius 2 is 2.25 bits per heavy atom. The highest BCUT2D eigenvalue weighted by Gasteiger charge is 2.74. The Morgan fingerprint density at radius 1 is 1.58 bits per heavy atom. The smallest absolute Gasteiger partial charge is 0.309 e. The predicted octanol–water partition coefficient (Wildman–Crippen LogP) is 0.728. The molecule has 2 aliphatic carbocycles. The van der Waals surface area contributed by atoms with Crippen LogP contribution in [-0.2, 0) is 14.3 Å². The lowest BCUT2D eigenvalue weighted by Gasteiger charge is -2.33. The number of hydrogen-bond donors (Lipinski definition) is 0. The molecule has 2 spiro atoms. The number of esters is 1. The third-order valence-corrected chi connectivity index (χ3v) is 3.58. The van der Waals surface area contributed by atoms with Crippen molar-refractivity contribution in [3.05, 3.63) is 0 Å². The van der Waals surface area contributed by atoms with Gasteiger partial charge in [0.1, 0.15) is 0 Å². The summed E-state index contributed by atoms with van der Waals surface area (Å²) < 4.78 is 10.0. The topological polar surface area (TPSA) is 38.8 Å². The molecule has 3 aliphatic rings. The summed E-state index contributed by atoms with van der Waals surface area (Å²) in [6.45, 7) is 0.919. The molecule has 0 aromatic heterocycles. The zero-order valence-corrected chi connectivity index (χ0v) is 7.13. The number of hydrogen-bond acceptors (Lipinski definition) is 3. The van der Waals surface area contributed by atoms with Gasteiger partial charge in [0, 0.05) is 0 Å². The Kier molecular flexibility index (Phi) is 0.971. The molecule has 0 radical (unpaired) electrons. The highest BCUT2D eigenvalue weighted by molar-refractivity contribution is 5.77. The summed E-state index contributed by atoms with van der Waals surface area (Å²) in [5, 5.41) is 0. The molecule has 0 amide bonds. The van der Waals surface area contributed by atoms with Crippen LogP contribution in [0.2, 0.25) is 0 Å². The van der Waals surface area contributed by atoms with E-state index in [9.17, 15) is 4.79 Å². The molecule has 1 unspecified atom stereocenters. The molecule has 2 saturated carbocycles. The van der Waals surface area contributed by atoms with Crippen LogP contribution in [0.25, 0.3) is 0 Å². The summed E-state index contributed by atoms with van der Waals surface area (Å²) in [5.74, 6) is 0.169. The highest BCUT2D eigenvalue weighted by Crippen LogP contribution is 2.73. The first kappa shape index (κ1) is 6.89. The van der Waals surface area contributed by atoms with Crippen molar-refractivity contribution in [3.63, 3.8) is 0 Å². The van der Waals surface area contributed by atoms with Crippen molar-refractivity contribution in [2.75, 3.05) is 13.7 Å². The summed E-state index contributed by atoms with van der Waals surface area (Å²) in [7, 11) is 1.47. The van der Waals surface area contributed by atoms with Gasteiger partial charge < -0.3 is 9.47 Å². The third kappa shape index (κ3) is 0.678. The molecule has 3 fully saturated rings. The molecule has 0 bridgehead atoms. The maximum Gasteiger partial charge on any atom is 0.309 e. The molecule has 3 rings (SSSR count). The summed E-state index contributed by atoms with van der Waals surface area (Å²) in [4.78, 5) is 11.2. The Hall–Kier alpha value is -0.570. The van der Waals surface area contributed by atoms with Crippen LogP contribution in [0, 0.1) is 11.3 Å². The fourth-order valence-electron chi connectivity index (χ4n) is 2.75. The van der Waals surface area contributed by atoms with Crippen LogP contribution in [-0.4, -0.2) is 25.3 Å². The van der Waals surface area contributed by atoms with Gasteiger partial charge in [0.15, 0.2) is 0 Å². The first-order valence-corrected chi connectivity index (χ1v) is 4.42. The molecule has 12 heavy (non-hydrogen) atoms. The Bertz CT molecular complexity index is 246. The van der Waals surface area contributed by atoms with E-state index in [0.29, 0.717) is 5.41 Å². The van der Waals surface area contributed by atoms with Gasteiger partial charge in [-0.15, -0.1) is 0 Å². The maximum absolute atomic E-state index is 11.2. The molecule has 0 aromatic carbocycles. The van der Waals surface area contributed by atoms with Crippen molar-refractivity contribution in [1.29, 1.82) is 0 Å². The van der Waals surface area contributed by atoms with Gasteiger partial charge in [-0.3, -0.25) is 4.79 Å². The van der Waals surface area contributed by atoms with Crippen LogP contribution in [0.5, 0.6) is 0 Å². The summed E-state index contributed by atoms with van der Waals surface area (Å²) in [6, 6.07) is 0. The van der Waals surface area contributed by atoms with Gasteiger partial charge in [-0.25, -0.2) is 0 Å². The van der Waals surface area contributed by atoms with E-state index in [-0.39, 0.29) is 17.5 Å². The van der Waals surface area contributed by atoms with Crippen molar-refractivity contribution in [2.45, 2.75) is 24.9 Å². The van der Waals surface area contributed by atoms with Gasteiger partial charge in [-0.2, -0.15) is 0 Å². The highest BCUT2D eigenvalue weighted by atomic mass is 16.6. The first-order valence-electron chi connectivity index (χ1n) is 4.42. The molecular weight excluding hydrogens is 156 g/mol. The van der Waals surface area contributed by atoms with Gasteiger partial charge in [0.25, 0.3) is 0 Å². The molecule has 0 aromatic rings. The van der Waals surface area contributed by atoms with Crippen molar-refractivity contribution in [1.82, 2.24) is 0 Å². The standard InChI is InChI=1S/C9H12O3/c1-11-7(10)6-2-8(6)3-9(4-8)5-12-9/h6H,2-5H2,1H3. The third-order valence-electron chi connectivity index (χ3n) is 3.58. The second kappa shape index (κ2) is 1.69. The Morgan fingerprint density at radius 3 is 2.75 bits per heavy atom. The van der Waals surface area contributed by atoms with E-state index in [1.54, 1.807) is 0 Å². The second-order valence-corrected chi connectivity index (χ2v) is 4.47. The molecule has 1 aliphatic heterocycles. The van der Waals surface area contributed by atoms with Gasteiger partial charge in [0.05, 0.1) is 25.2 Å². The van der Waals surface area contributed by atoms with Crippen LogP contribution in [0.15, 0.2) is 0 Å². The molecule has 3 nitrogen and oxygen atoms in total. The molecular formula is C9H12O3. The number of carbonyl (C=O) groups excluding carboxylic acids is 1. The van der Waals surface area contributed by atoms with Crippen molar-refractivity contribution >= 4 is 5.97 Å². The van der Waals surface area contributed by atoms with Gasteiger partial charge in [0.2, 0.25) is 0 Å². The number of ether oxygens (including phenoxy) is 2. The zero-order valence-electron chi connectivity index (χ0n) is 7.13. The number of methoxy groups -OCH3 is 1. The van der Waals surface area contributed by atoms with Crippen LogP contribution < -0.4 is 0 Å². The van der Waals surface area contributed by atoms with Gasteiger partial charge in [-0.05, 0) is 24.7 Å². The van der Waals surface area contributed by atoms with E-state index < -0.39 is 0 Å². The number of carbonyl (C=O) groups is 1. The van der Waals surface area contributed by atoms with Crippen LogP contribution in [0.1, 0.15) is 19.3 Å². The van der Waals surface area contributed by atoms with E-state index in [2.05, 4.69) is 0 Å². The molecule has 3 heteroatoms. The Balaban J connectivity index is 1.65. The quantitative estimate of drug-likeness (QED) is 0.428. The van der Waals surface area contributed by atoms with Gasteiger partial charge in [-0.1, -0.05) is 0 Å². The van der Waals surface area contributed by atoms with E-state index >= 15 is 0 Å². The van der Waals surface area contributed by atoms with Crippen LogP contribution in [0.3, 0.4) is 0 Å². The summed E-state index contributed by atoms with van der Waals surface area (Å²) >= 11 is 0. The average Bonchev–Trinajstić information content (AvgIpc) is 2.86. The summed E-state index contributed by atoms with van der Waals surface area (Å²) in [6.07, 6.45) is 3.23. The van der Waals surface area contributed by atoms with Crippen LogP contribution >= 0.6 is 0 Å². The zero-order chi connectivity index (χ0) is 8.40. The SMILES string of the molecule is COC(=O)C1CC12CC1(CO1)C2. The average molecular weight is 168 g/mol. The largest absolute Gasteiger partial charge is 0.469 e. The minimum Gasteiger partial charge on any atom is -0.469 e. The lowest BCUT2D eigenvalue weighted by Crippen LogP contribution is -2.36. The first-order chi connectivity index (χ1) is 5.70. The second-order valence-electron chi connectivity index (χ2n) is 4.47. The monoisotopic (exact) mass is 168 g/mol. The van der Waals surface area contributed by atoms with Crippen LogP contribution in [0.4, 0.5) is 0 Å². The normalized spacial score (nSPS) is 53.6.